The summed E-state index contributed by atoms with van der Waals surface area (Å²) >= 11 is 0. The van der Waals surface area contributed by atoms with Gasteiger partial charge >= 0.3 is 0 Å². The van der Waals surface area contributed by atoms with Gasteiger partial charge < -0.3 is 41.9 Å². The van der Waals surface area contributed by atoms with Crippen LogP contribution in [0, 0.1) is 11.8 Å². The average Bonchev–Trinajstić information content (AvgIpc) is 2.83. The van der Waals surface area contributed by atoms with Crippen molar-refractivity contribution >= 4 is 28.9 Å². The van der Waals surface area contributed by atoms with Gasteiger partial charge in [-0.1, -0.05) is 6.07 Å². The first-order valence-corrected chi connectivity index (χ1v) is 14.1. The molecule has 0 bridgehead atoms. The van der Waals surface area contributed by atoms with Gasteiger partial charge in [-0.05, 0) is 72.7 Å². The van der Waals surface area contributed by atoms with Gasteiger partial charge in [0.1, 0.15) is 22.8 Å². The number of aliphatic hydroxyl groups excluding tert-OH is 3. The fraction of sp³-hybridized carbons (Fsp3) is 0.567. The molecule has 42 heavy (non-hydrogen) atoms. The standard InChI is InChI=1S/C30H40N4O8/c1-28(2)10-13(11-29(3,4)33-28)32-15-8-7-12-9-14-17(23(37)16(12)22(15)36)25(39)30(42)19(21(14)35)20(34(5)6)24(38)18(26(30)40)27(31)41/h7-8,13-14,19-21,32-33,35-37,40,42H,9-11H2,1-6H3,(H2,31,41)/t14-,19-,20+,21+,30+/m1/s1. The van der Waals surface area contributed by atoms with E-state index in [-0.39, 0.29) is 34.9 Å². The number of aromatic hydroxyl groups is 1. The molecule has 0 spiro atoms. The van der Waals surface area contributed by atoms with Crippen LogP contribution in [0.25, 0.3) is 5.76 Å². The van der Waals surface area contributed by atoms with E-state index < -0.39 is 69.7 Å². The minimum absolute atomic E-state index is 0.00302. The number of nitrogens with zero attached hydrogens (tertiary/aromatic N) is 1. The molecule has 0 radical (unpaired) electrons. The Morgan fingerprint density at radius 3 is 2.21 bits per heavy atom. The number of piperidine rings is 1. The highest BCUT2D eigenvalue weighted by atomic mass is 16.4. The lowest BCUT2D eigenvalue weighted by molar-refractivity contribution is -0.168. The summed E-state index contributed by atoms with van der Waals surface area (Å²) in [5, 5.41) is 64.2. The topological polar surface area (TPSA) is 206 Å². The van der Waals surface area contributed by atoms with Crippen molar-refractivity contribution in [3.8, 4) is 5.75 Å². The first-order valence-electron chi connectivity index (χ1n) is 14.1. The normalized spacial score (nSPS) is 32.4. The number of benzene rings is 1. The van der Waals surface area contributed by atoms with E-state index in [0.717, 1.165) is 12.8 Å². The van der Waals surface area contributed by atoms with Gasteiger partial charge in [-0.2, -0.15) is 0 Å². The maximum atomic E-state index is 14.0. The van der Waals surface area contributed by atoms with E-state index in [2.05, 4.69) is 38.3 Å². The lowest BCUT2D eigenvalue weighted by Crippen LogP contribution is -2.70. The predicted octanol–water partition coefficient (Wildman–Crippen LogP) is 0.656. The van der Waals surface area contributed by atoms with Crippen LogP contribution in [0.3, 0.4) is 0 Å². The zero-order chi connectivity index (χ0) is 31.3. The van der Waals surface area contributed by atoms with Crippen LogP contribution in [0.15, 0.2) is 29.0 Å². The maximum Gasteiger partial charge on any atom is 0.255 e. The minimum Gasteiger partial charge on any atom is -0.508 e. The van der Waals surface area contributed by atoms with Crippen LogP contribution in [0.4, 0.5) is 5.69 Å². The molecule has 1 aromatic rings. The Morgan fingerprint density at radius 2 is 1.67 bits per heavy atom. The Hall–Kier alpha value is -3.45. The number of aliphatic hydroxyl groups is 4. The first-order chi connectivity index (χ1) is 19.3. The fourth-order valence-electron chi connectivity index (χ4n) is 7.99. The molecule has 2 fully saturated rings. The molecule has 3 aliphatic carbocycles. The monoisotopic (exact) mass is 584 g/mol. The molecular weight excluding hydrogens is 544 g/mol. The molecule has 1 saturated heterocycles. The molecule has 12 nitrogen and oxygen atoms in total. The van der Waals surface area contributed by atoms with E-state index in [0.29, 0.717) is 11.3 Å². The third-order valence-electron chi connectivity index (χ3n) is 9.23. The number of hydrogen-bond donors (Lipinski definition) is 8. The van der Waals surface area contributed by atoms with Crippen molar-refractivity contribution in [2.45, 2.75) is 81.8 Å². The zero-order valence-corrected chi connectivity index (χ0v) is 24.6. The maximum absolute atomic E-state index is 14.0. The molecule has 1 aromatic carbocycles. The van der Waals surface area contributed by atoms with E-state index in [9.17, 15) is 39.9 Å². The average molecular weight is 585 g/mol. The number of Topliss-reactive ketones (excluding diaryl/α,β-unsaturated/α-hetero) is 2. The molecule has 12 heteroatoms. The van der Waals surface area contributed by atoms with Crippen molar-refractivity contribution in [3.63, 3.8) is 0 Å². The third-order valence-corrected chi connectivity index (χ3v) is 9.23. The quantitative estimate of drug-likeness (QED) is 0.182. The first kappa shape index (κ1) is 30.0. The van der Waals surface area contributed by atoms with Crippen molar-refractivity contribution < 1.29 is 39.9 Å². The molecular formula is C30H40N4O8. The van der Waals surface area contributed by atoms with Crippen LogP contribution in [0.1, 0.15) is 51.7 Å². The van der Waals surface area contributed by atoms with Crippen molar-refractivity contribution in [1.82, 2.24) is 10.2 Å². The summed E-state index contributed by atoms with van der Waals surface area (Å²) < 4.78 is 0. The number of nitrogens with two attached hydrogens (primary N) is 1. The van der Waals surface area contributed by atoms with Crippen LogP contribution in [0.2, 0.25) is 0 Å². The summed E-state index contributed by atoms with van der Waals surface area (Å²) in [5.74, 6) is -8.31. The van der Waals surface area contributed by atoms with Gasteiger partial charge in [0.25, 0.3) is 5.91 Å². The summed E-state index contributed by atoms with van der Waals surface area (Å²) in [6, 6.07) is 1.97. The van der Waals surface area contributed by atoms with Crippen LogP contribution in [-0.4, -0.2) is 96.9 Å². The molecule has 5 rings (SSSR count). The van der Waals surface area contributed by atoms with Crippen LogP contribution in [-0.2, 0) is 20.8 Å². The second-order valence-corrected chi connectivity index (χ2v) is 13.7. The van der Waals surface area contributed by atoms with Gasteiger partial charge in [0.05, 0.1) is 29.3 Å². The van der Waals surface area contributed by atoms with E-state index >= 15 is 0 Å². The van der Waals surface area contributed by atoms with E-state index in [4.69, 9.17) is 5.73 Å². The zero-order valence-electron chi connectivity index (χ0n) is 24.6. The number of fused-ring (bicyclic) bond motifs is 3. The Balaban J connectivity index is 1.62. The van der Waals surface area contributed by atoms with Gasteiger partial charge in [0, 0.05) is 28.6 Å². The van der Waals surface area contributed by atoms with E-state index in [1.165, 1.54) is 19.0 Å². The summed E-state index contributed by atoms with van der Waals surface area (Å²) in [7, 11) is 2.94. The smallest absolute Gasteiger partial charge is 0.255 e. The molecule has 1 heterocycles. The molecule has 1 aliphatic heterocycles. The van der Waals surface area contributed by atoms with Crippen molar-refractivity contribution in [2.24, 2.45) is 17.6 Å². The number of primary amides is 1. The van der Waals surface area contributed by atoms with Crippen molar-refractivity contribution in [1.29, 1.82) is 0 Å². The molecule has 0 unspecified atom stereocenters. The van der Waals surface area contributed by atoms with Gasteiger partial charge in [-0.15, -0.1) is 0 Å². The third kappa shape index (κ3) is 4.31. The van der Waals surface area contributed by atoms with Crippen molar-refractivity contribution in [2.75, 3.05) is 19.4 Å². The Bertz CT molecular complexity index is 1450. The molecule has 228 valence electrons. The largest absolute Gasteiger partial charge is 0.508 e. The number of anilines is 1. The Kier molecular flexibility index (Phi) is 6.81. The summed E-state index contributed by atoms with van der Waals surface area (Å²) in [6.07, 6.45) is -0.108. The van der Waals surface area contributed by atoms with Crippen LogP contribution < -0.4 is 16.4 Å². The number of hydrogen-bond acceptors (Lipinski definition) is 11. The predicted molar refractivity (Wildman–Crippen MR) is 154 cm³/mol. The highest BCUT2D eigenvalue weighted by Crippen LogP contribution is 2.53. The van der Waals surface area contributed by atoms with Crippen LogP contribution >= 0.6 is 0 Å². The lowest BCUT2D eigenvalue weighted by atomic mass is 9.56. The Morgan fingerprint density at radius 1 is 1.07 bits per heavy atom. The van der Waals surface area contributed by atoms with Crippen molar-refractivity contribution in [3.05, 3.63) is 40.2 Å². The van der Waals surface area contributed by atoms with Gasteiger partial charge in [0.2, 0.25) is 5.78 Å². The lowest BCUT2D eigenvalue weighted by Gasteiger charge is -2.52. The number of ketones is 2. The van der Waals surface area contributed by atoms with Gasteiger partial charge in [0.15, 0.2) is 11.4 Å². The summed E-state index contributed by atoms with van der Waals surface area (Å²) in [6.45, 7) is 8.38. The van der Waals surface area contributed by atoms with E-state index in [1.54, 1.807) is 12.1 Å². The molecule has 9 N–H and O–H groups in total. The molecule has 0 aromatic heterocycles. The summed E-state index contributed by atoms with van der Waals surface area (Å²) in [4.78, 5) is 40.7. The number of nitrogens with one attached hydrogen (secondary N) is 2. The number of likely N-dealkylation sites (N-methyl/N-ethyl adjacent to an activating group) is 1. The Labute approximate surface area is 243 Å². The fourth-order valence-corrected chi connectivity index (χ4v) is 7.99. The SMILES string of the molecule is CN(C)[C@@H]1C(=O)C(C(N)=O)=C(O)[C@@]2(O)C(=O)C3=C(O)c4c(ccc(NC5CC(C)(C)NC(C)(C)C5)c4O)C[C@H]3[C@H](O)[C@@H]12. The number of carbonyl (C=O) groups is 3. The molecule has 1 saturated carbocycles. The number of phenolic OH excluding ortho intramolecular Hbond substituents is 1. The van der Waals surface area contributed by atoms with Gasteiger partial charge in [-0.25, -0.2) is 0 Å². The van der Waals surface area contributed by atoms with E-state index in [1.807, 2.05) is 0 Å². The second-order valence-electron chi connectivity index (χ2n) is 13.7. The highest BCUT2D eigenvalue weighted by Gasteiger charge is 2.67. The van der Waals surface area contributed by atoms with Crippen LogP contribution in [0.5, 0.6) is 5.75 Å². The number of phenols is 1. The molecule has 5 atom stereocenters. The number of rotatable bonds is 4. The van der Waals surface area contributed by atoms with Gasteiger partial charge in [-0.3, -0.25) is 19.3 Å². The second kappa shape index (κ2) is 9.53. The highest BCUT2D eigenvalue weighted by molar-refractivity contribution is 6.24. The minimum atomic E-state index is -2.93. The summed E-state index contributed by atoms with van der Waals surface area (Å²) in [5.41, 5.74) is 1.48. The number of amides is 1. The molecule has 1 amide bonds. The number of carbonyl (C=O) groups excluding carboxylic acids is 3. The molecule has 4 aliphatic rings.